The van der Waals surface area contributed by atoms with Crippen molar-refractivity contribution < 1.29 is 23.0 Å². The average Bonchev–Trinajstić information content (AvgIpc) is 2.46. The average molecular weight is 461 g/mol. The summed E-state index contributed by atoms with van der Waals surface area (Å²) < 4.78 is 41.0. The number of aliphatic hydroxyl groups excluding tert-OH is 1. The van der Waals surface area contributed by atoms with Crippen LogP contribution in [-0.4, -0.2) is 30.6 Å². The fraction of sp³-hybridized carbons (Fsp3) is 0.533. The van der Waals surface area contributed by atoms with Crippen molar-refractivity contribution >= 4 is 35.6 Å². The molecule has 0 aliphatic rings. The molecule has 1 unspecified atom stereocenters. The lowest BCUT2D eigenvalue weighted by atomic mass is 10.0. The SMILES string of the molecule is CCCC(CCO)CN=C(N)Nc1ccccc1OC(F)(F)F.I. The van der Waals surface area contributed by atoms with E-state index in [0.29, 0.717) is 13.0 Å². The van der Waals surface area contributed by atoms with E-state index in [9.17, 15) is 13.2 Å². The van der Waals surface area contributed by atoms with Crippen molar-refractivity contribution in [1.82, 2.24) is 0 Å². The summed E-state index contributed by atoms with van der Waals surface area (Å²) >= 11 is 0. The Labute approximate surface area is 156 Å². The van der Waals surface area contributed by atoms with E-state index in [2.05, 4.69) is 15.0 Å². The molecule has 5 nitrogen and oxygen atoms in total. The second-order valence-corrected chi connectivity index (χ2v) is 5.06. The topological polar surface area (TPSA) is 79.9 Å². The summed E-state index contributed by atoms with van der Waals surface area (Å²) in [6.07, 6.45) is -2.32. The van der Waals surface area contributed by atoms with E-state index < -0.39 is 6.36 Å². The minimum absolute atomic E-state index is 0. The third kappa shape index (κ3) is 9.16. The van der Waals surface area contributed by atoms with E-state index in [1.165, 1.54) is 18.2 Å². The molecule has 0 spiro atoms. The van der Waals surface area contributed by atoms with Gasteiger partial charge in [-0.15, -0.1) is 37.1 Å². The van der Waals surface area contributed by atoms with E-state index in [0.717, 1.165) is 12.8 Å². The molecule has 0 fully saturated rings. The van der Waals surface area contributed by atoms with E-state index in [1.54, 1.807) is 6.07 Å². The highest BCUT2D eigenvalue weighted by Crippen LogP contribution is 2.29. The number of anilines is 1. The van der Waals surface area contributed by atoms with Crippen LogP contribution < -0.4 is 15.8 Å². The first-order chi connectivity index (χ1) is 10.9. The summed E-state index contributed by atoms with van der Waals surface area (Å²) in [6.45, 7) is 2.49. The lowest BCUT2D eigenvalue weighted by Gasteiger charge is -2.15. The molecule has 9 heteroatoms. The highest BCUT2D eigenvalue weighted by atomic mass is 127. The largest absolute Gasteiger partial charge is 0.573 e. The van der Waals surface area contributed by atoms with Crippen LogP contribution in [0.3, 0.4) is 0 Å². The molecule has 0 aromatic heterocycles. The van der Waals surface area contributed by atoms with Gasteiger partial charge in [0.05, 0.1) is 5.69 Å². The van der Waals surface area contributed by atoms with Gasteiger partial charge in [0.25, 0.3) is 0 Å². The Bertz CT molecular complexity index is 507. The molecule has 138 valence electrons. The predicted octanol–water partition coefficient (Wildman–Crippen LogP) is 3.73. The second kappa shape index (κ2) is 11.3. The van der Waals surface area contributed by atoms with Gasteiger partial charge in [-0.25, -0.2) is 0 Å². The molecular formula is C15H23F3IN3O2. The Kier molecular flexibility index (Phi) is 10.8. The molecular weight excluding hydrogens is 438 g/mol. The van der Waals surface area contributed by atoms with Gasteiger partial charge in [-0.1, -0.05) is 25.5 Å². The van der Waals surface area contributed by atoms with Crippen LogP contribution in [0, 0.1) is 5.92 Å². The summed E-state index contributed by atoms with van der Waals surface area (Å²) in [5.41, 5.74) is 5.80. The maximum absolute atomic E-state index is 12.3. The van der Waals surface area contributed by atoms with Crippen LogP contribution in [0.2, 0.25) is 0 Å². The summed E-state index contributed by atoms with van der Waals surface area (Å²) in [5.74, 6) is -0.187. The second-order valence-electron chi connectivity index (χ2n) is 5.06. The number of alkyl halides is 3. The van der Waals surface area contributed by atoms with Crippen molar-refractivity contribution in [2.75, 3.05) is 18.5 Å². The molecule has 0 bridgehead atoms. The first-order valence-electron chi connectivity index (χ1n) is 7.38. The van der Waals surface area contributed by atoms with Gasteiger partial charge in [0.2, 0.25) is 0 Å². The number of aliphatic hydroxyl groups is 1. The van der Waals surface area contributed by atoms with Crippen LogP contribution in [0.5, 0.6) is 5.75 Å². The minimum atomic E-state index is -4.78. The number of guanidine groups is 1. The molecule has 1 rings (SSSR count). The molecule has 0 amide bonds. The Morgan fingerprint density at radius 1 is 1.33 bits per heavy atom. The van der Waals surface area contributed by atoms with Crippen molar-refractivity contribution in [3.63, 3.8) is 0 Å². The zero-order valence-corrected chi connectivity index (χ0v) is 15.7. The van der Waals surface area contributed by atoms with E-state index in [-0.39, 0.29) is 53.9 Å². The Morgan fingerprint density at radius 3 is 2.58 bits per heavy atom. The van der Waals surface area contributed by atoms with Crippen molar-refractivity contribution in [3.8, 4) is 5.75 Å². The summed E-state index contributed by atoms with van der Waals surface area (Å²) in [7, 11) is 0. The highest BCUT2D eigenvalue weighted by molar-refractivity contribution is 14.0. The van der Waals surface area contributed by atoms with Crippen LogP contribution in [0.1, 0.15) is 26.2 Å². The minimum Gasteiger partial charge on any atom is -0.404 e. The Hall–Kier alpha value is -1.23. The number of hydrogen-bond donors (Lipinski definition) is 3. The van der Waals surface area contributed by atoms with Gasteiger partial charge < -0.3 is 20.9 Å². The maximum Gasteiger partial charge on any atom is 0.573 e. The molecule has 1 atom stereocenters. The van der Waals surface area contributed by atoms with Gasteiger partial charge in [0, 0.05) is 13.2 Å². The van der Waals surface area contributed by atoms with Crippen LogP contribution in [-0.2, 0) is 0 Å². The summed E-state index contributed by atoms with van der Waals surface area (Å²) in [6, 6.07) is 5.60. The summed E-state index contributed by atoms with van der Waals surface area (Å²) in [4.78, 5) is 4.13. The van der Waals surface area contributed by atoms with Gasteiger partial charge in [-0.05, 0) is 30.9 Å². The summed E-state index contributed by atoms with van der Waals surface area (Å²) in [5, 5.41) is 11.6. The molecule has 0 radical (unpaired) electrons. The quantitative estimate of drug-likeness (QED) is 0.313. The van der Waals surface area contributed by atoms with E-state index in [1.807, 2.05) is 6.92 Å². The van der Waals surface area contributed by atoms with Gasteiger partial charge in [0.1, 0.15) is 0 Å². The number of aliphatic imine (C=N–C) groups is 1. The lowest BCUT2D eigenvalue weighted by Crippen LogP contribution is -2.25. The molecule has 0 aliphatic carbocycles. The number of ether oxygens (including phenoxy) is 1. The number of halogens is 4. The zero-order chi connectivity index (χ0) is 17.3. The maximum atomic E-state index is 12.3. The van der Waals surface area contributed by atoms with Crippen molar-refractivity contribution in [2.24, 2.45) is 16.6 Å². The number of hydrogen-bond acceptors (Lipinski definition) is 3. The fourth-order valence-electron chi connectivity index (χ4n) is 2.11. The molecule has 1 aromatic carbocycles. The number of nitrogens with two attached hydrogens (primary N) is 1. The highest BCUT2D eigenvalue weighted by Gasteiger charge is 2.32. The number of benzene rings is 1. The van der Waals surface area contributed by atoms with Gasteiger partial charge in [-0.2, -0.15) is 0 Å². The van der Waals surface area contributed by atoms with E-state index >= 15 is 0 Å². The third-order valence-electron chi connectivity index (χ3n) is 3.13. The van der Waals surface area contributed by atoms with Gasteiger partial charge in [-0.3, -0.25) is 4.99 Å². The number of nitrogens with zero attached hydrogens (tertiary/aromatic N) is 1. The molecule has 0 heterocycles. The number of rotatable bonds is 8. The molecule has 4 N–H and O–H groups in total. The molecule has 0 saturated heterocycles. The molecule has 0 aliphatic heterocycles. The predicted molar refractivity (Wildman–Crippen MR) is 98.8 cm³/mol. The van der Waals surface area contributed by atoms with Gasteiger partial charge in [0.15, 0.2) is 11.7 Å². The standard InChI is InChI=1S/C15H22F3N3O2.HI/c1-2-5-11(8-9-22)10-20-14(19)21-12-6-3-4-7-13(12)23-15(16,17)18;/h3-4,6-7,11,22H,2,5,8-10H2,1H3,(H3,19,20,21);1H. The van der Waals surface area contributed by atoms with E-state index in [4.69, 9.17) is 10.8 Å². The number of nitrogens with one attached hydrogen (secondary N) is 1. The Morgan fingerprint density at radius 2 is 2.00 bits per heavy atom. The normalized spacial score (nSPS) is 13.1. The van der Waals surface area contributed by atoms with Crippen LogP contribution in [0.4, 0.5) is 18.9 Å². The first kappa shape index (κ1) is 22.8. The Balaban J connectivity index is 0.00000529. The van der Waals surface area contributed by atoms with Crippen molar-refractivity contribution in [1.29, 1.82) is 0 Å². The smallest absolute Gasteiger partial charge is 0.404 e. The van der Waals surface area contributed by atoms with Gasteiger partial charge >= 0.3 is 6.36 Å². The molecule has 24 heavy (non-hydrogen) atoms. The third-order valence-corrected chi connectivity index (χ3v) is 3.13. The van der Waals surface area contributed by atoms with Crippen LogP contribution in [0.15, 0.2) is 29.3 Å². The van der Waals surface area contributed by atoms with Crippen LogP contribution in [0.25, 0.3) is 0 Å². The monoisotopic (exact) mass is 461 g/mol. The van der Waals surface area contributed by atoms with Crippen molar-refractivity contribution in [3.05, 3.63) is 24.3 Å². The first-order valence-corrected chi connectivity index (χ1v) is 7.38. The number of para-hydroxylation sites is 2. The fourth-order valence-corrected chi connectivity index (χ4v) is 2.11. The van der Waals surface area contributed by atoms with Crippen LogP contribution >= 0.6 is 24.0 Å². The molecule has 1 aromatic rings. The molecule has 0 saturated carbocycles. The zero-order valence-electron chi connectivity index (χ0n) is 13.3. The van der Waals surface area contributed by atoms with Crippen molar-refractivity contribution in [2.45, 2.75) is 32.5 Å². The lowest BCUT2D eigenvalue weighted by molar-refractivity contribution is -0.274.